The van der Waals surface area contributed by atoms with Crippen LogP contribution >= 0.6 is 0 Å². The highest BCUT2D eigenvalue weighted by Gasteiger charge is 2.28. The lowest BCUT2D eigenvalue weighted by Gasteiger charge is -2.32. The number of carbonyl (C=O) groups excluding carboxylic acids is 1. The lowest BCUT2D eigenvalue weighted by molar-refractivity contribution is -0.385. The SMILES string of the molecule is Cc1cc2ncn(CC3CCN(C(=O)c4ccccc4[N+](=O)[O-])CC3)c2cc1C. The van der Waals surface area contributed by atoms with Crippen molar-refractivity contribution in [2.75, 3.05) is 13.1 Å². The first kappa shape index (κ1) is 19.1. The number of rotatable bonds is 4. The predicted molar refractivity (Wildman–Crippen MR) is 111 cm³/mol. The lowest BCUT2D eigenvalue weighted by Crippen LogP contribution is -2.39. The van der Waals surface area contributed by atoms with E-state index in [1.54, 1.807) is 17.0 Å². The fraction of sp³-hybridized carbons (Fsp3) is 0.364. The number of fused-ring (bicyclic) bond motifs is 1. The summed E-state index contributed by atoms with van der Waals surface area (Å²) in [5.41, 5.74) is 4.69. The number of likely N-dealkylation sites (tertiary alicyclic amines) is 1. The minimum Gasteiger partial charge on any atom is -0.338 e. The van der Waals surface area contributed by atoms with E-state index in [9.17, 15) is 14.9 Å². The molecule has 2 aromatic carbocycles. The molecule has 1 amide bonds. The molecule has 29 heavy (non-hydrogen) atoms. The smallest absolute Gasteiger partial charge is 0.282 e. The quantitative estimate of drug-likeness (QED) is 0.494. The largest absolute Gasteiger partial charge is 0.338 e. The number of carbonyl (C=O) groups is 1. The van der Waals surface area contributed by atoms with E-state index in [0.29, 0.717) is 19.0 Å². The number of nitrogens with zero attached hydrogens (tertiary/aromatic N) is 4. The monoisotopic (exact) mass is 392 g/mol. The summed E-state index contributed by atoms with van der Waals surface area (Å²) in [4.78, 5) is 29.8. The molecule has 150 valence electrons. The molecule has 7 nitrogen and oxygen atoms in total. The third-order valence-electron chi connectivity index (χ3n) is 5.92. The van der Waals surface area contributed by atoms with E-state index in [1.807, 2.05) is 6.33 Å². The molecule has 0 atom stereocenters. The van der Waals surface area contributed by atoms with Crippen molar-refractivity contribution in [1.29, 1.82) is 0 Å². The molecule has 1 aliphatic heterocycles. The average Bonchev–Trinajstić information content (AvgIpc) is 3.09. The summed E-state index contributed by atoms with van der Waals surface area (Å²) in [6.07, 6.45) is 3.64. The first-order valence-corrected chi connectivity index (χ1v) is 9.89. The number of aryl methyl sites for hydroxylation is 2. The molecule has 0 unspecified atom stereocenters. The Bertz CT molecular complexity index is 1080. The van der Waals surface area contributed by atoms with Crippen molar-refractivity contribution in [3.8, 4) is 0 Å². The summed E-state index contributed by atoms with van der Waals surface area (Å²) >= 11 is 0. The highest BCUT2D eigenvalue weighted by molar-refractivity contribution is 5.98. The average molecular weight is 392 g/mol. The maximum atomic E-state index is 12.8. The molecule has 1 aliphatic rings. The molecule has 2 heterocycles. The number of aromatic nitrogens is 2. The molecule has 0 saturated carbocycles. The van der Waals surface area contributed by atoms with Gasteiger partial charge in [0.25, 0.3) is 11.6 Å². The maximum Gasteiger partial charge on any atom is 0.282 e. The molecule has 0 radical (unpaired) electrons. The van der Waals surface area contributed by atoms with Gasteiger partial charge in [0.05, 0.1) is 22.3 Å². The number of hydrogen-bond donors (Lipinski definition) is 0. The number of imidazole rings is 1. The van der Waals surface area contributed by atoms with Crippen LogP contribution in [0.15, 0.2) is 42.7 Å². The maximum absolute atomic E-state index is 12.8. The molecule has 4 rings (SSSR count). The molecule has 0 aliphatic carbocycles. The lowest BCUT2D eigenvalue weighted by atomic mass is 9.96. The van der Waals surface area contributed by atoms with Gasteiger partial charge in [-0.05, 0) is 61.9 Å². The first-order chi connectivity index (χ1) is 13.9. The molecule has 1 fully saturated rings. The summed E-state index contributed by atoms with van der Waals surface area (Å²) in [5, 5.41) is 11.2. The molecule has 0 N–H and O–H groups in total. The standard InChI is InChI=1S/C22H24N4O3/c1-15-11-19-21(12-16(15)2)25(14-23-19)13-17-7-9-24(10-8-17)22(27)18-5-3-4-6-20(18)26(28)29/h3-6,11-12,14,17H,7-10,13H2,1-2H3. The van der Waals surface area contributed by atoms with Crippen LogP contribution in [0.3, 0.4) is 0 Å². The zero-order chi connectivity index (χ0) is 20.5. The third-order valence-corrected chi connectivity index (χ3v) is 5.92. The van der Waals surface area contributed by atoms with E-state index < -0.39 is 4.92 Å². The Balaban J connectivity index is 1.43. The van der Waals surface area contributed by atoms with Crippen LogP contribution in [-0.4, -0.2) is 38.4 Å². The minimum absolute atomic E-state index is 0.129. The topological polar surface area (TPSA) is 81.3 Å². The van der Waals surface area contributed by atoms with Gasteiger partial charge in [0.2, 0.25) is 0 Å². The van der Waals surface area contributed by atoms with E-state index in [-0.39, 0.29) is 17.2 Å². The van der Waals surface area contributed by atoms with Crippen LogP contribution in [0.4, 0.5) is 5.69 Å². The van der Waals surface area contributed by atoms with E-state index >= 15 is 0 Å². The van der Waals surface area contributed by atoms with E-state index in [4.69, 9.17) is 0 Å². The Morgan fingerprint density at radius 1 is 1.17 bits per heavy atom. The molecule has 3 aromatic rings. The summed E-state index contributed by atoms with van der Waals surface area (Å²) in [6.45, 7) is 6.30. The molecule has 1 saturated heterocycles. The van der Waals surface area contributed by atoms with Crippen LogP contribution in [0, 0.1) is 29.9 Å². The predicted octanol–water partition coefficient (Wildman–Crippen LogP) is 4.11. The van der Waals surface area contributed by atoms with Gasteiger partial charge in [-0.25, -0.2) is 4.98 Å². The van der Waals surface area contributed by atoms with Crippen molar-refractivity contribution in [3.05, 3.63) is 69.5 Å². The van der Waals surface area contributed by atoms with Crippen molar-refractivity contribution in [3.63, 3.8) is 0 Å². The van der Waals surface area contributed by atoms with Gasteiger partial charge >= 0.3 is 0 Å². The number of piperidine rings is 1. The Morgan fingerprint density at radius 3 is 2.59 bits per heavy atom. The van der Waals surface area contributed by atoms with E-state index in [0.717, 1.165) is 30.4 Å². The molecule has 0 bridgehead atoms. The summed E-state index contributed by atoms with van der Waals surface area (Å²) < 4.78 is 2.20. The third kappa shape index (κ3) is 3.72. The van der Waals surface area contributed by atoms with Gasteiger partial charge in [0.1, 0.15) is 5.56 Å². The summed E-state index contributed by atoms with van der Waals surface area (Å²) in [7, 11) is 0. The van der Waals surface area contributed by atoms with Crippen LogP contribution in [0.25, 0.3) is 11.0 Å². The first-order valence-electron chi connectivity index (χ1n) is 9.89. The second-order valence-corrected chi connectivity index (χ2v) is 7.83. The second kappa shape index (κ2) is 7.66. The Hall–Kier alpha value is -3.22. The zero-order valence-corrected chi connectivity index (χ0v) is 16.7. The van der Waals surface area contributed by atoms with Gasteiger partial charge in [0.15, 0.2) is 0 Å². The summed E-state index contributed by atoms with van der Waals surface area (Å²) in [6, 6.07) is 10.5. The van der Waals surface area contributed by atoms with Gasteiger partial charge in [-0.3, -0.25) is 14.9 Å². The van der Waals surface area contributed by atoms with Crippen molar-refractivity contribution in [2.45, 2.75) is 33.2 Å². The molecular weight excluding hydrogens is 368 g/mol. The number of benzene rings is 2. The van der Waals surface area contributed by atoms with E-state index in [2.05, 4.69) is 35.5 Å². The highest BCUT2D eigenvalue weighted by atomic mass is 16.6. The van der Waals surface area contributed by atoms with Crippen molar-refractivity contribution in [2.24, 2.45) is 5.92 Å². The minimum atomic E-state index is -0.492. The van der Waals surface area contributed by atoms with E-state index in [1.165, 1.54) is 23.3 Å². The van der Waals surface area contributed by atoms with Gasteiger partial charge in [0, 0.05) is 25.7 Å². The molecule has 1 aromatic heterocycles. The summed E-state index contributed by atoms with van der Waals surface area (Å²) in [5.74, 6) is 0.193. The highest BCUT2D eigenvalue weighted by Crippen LogP contribution is 2.26. The van der Waals surface area contributed by atoms with Crippen LogP contribution < -0.4 is 0 Å². The van der Waals surface area contributed by atoms with Crippen molar-refractivity contribution in [1.82, 2.24) is 14.5 Å². The van der Waals surface area contributed by atoms with Crippen LogP contribution in [0.5, 0.6) is 0 Å². The van der Waals surface area contributed by atoms with Crippen LogP contribution in [0.2, 0.25) is 0 Å². The van der Waals surface area contributed by atoms with Crippen LogP contribution in [-0.2, 0) is 6.54 Å². The fourth-order valence-electron chi connectivity index (χ4n) is 4.04. The Morgan fingerprint density at radius 2 is 1.86 bits per heavy atom. The second-order valence-electron chi connectivity index (χ2n) is 7.83. The number of nitro benzene ring substituents is 1. The number of hydrogen-bond acceptors (Lipinski definition) is 4. The molecule has 0 spiro atoms. The van der Waals surface area contributed by atoms with Gasteiger partial charge in [-0.2, -0.15) is 0 Å². The van der Waals surface area contributed by atoms with Gasteiger partial charge in [-0.15, -0.1) is 0 Å². The van der Waals surface area contributed by atoms with Crippen molar-refractivity contribution < 1.29 is 9.72 Å². The Labute approximate surface area is 169 Å². The Kier molecular flexibility index (Phi) is 5.05. The number of amides is 1. The number of nitro groups is 1. The van der Waals surface area contributed by atoms with Gasteiger partial charge in [-0.1, -0.05) is 12.1 Å². The van der Waals surface area contributed by atoms with Crippen molar-refractivity contribution >= 4 is 22.6 Å². The molecule has 7 heteroatoms. The number of para-hydroxylation sites is 1. The van der Waals surface area contributed by atoms with Gasteiger partial charge < -0.3 is 9.47 Å². The fourth-order valence-corrected chi connectivity index (χ4v) is 4.04. The molecular formula is C22H24N4O3. The zero-order valence-electron chi connectivity index (χ0n) is 16.7. The normalized spacial score (nSPS) is 15.0. The van der Waals surface area contributed by atoms with Crippen LogP contribution in [0.1, 0.15) is 34.3 Å².